The fourth-order valence-corrected chi connectivity index (χ4v) is 2.34. The first-order valence-electron chi connectivity index (χ1n) is 6.78. The molecule has 1 aromatic carbocycles. The standard InChI is InChI=1S/C14H16N4O4/c1-17(14-15-12(13(19)20)16-18(14)2)7-9-8-21-10-5-3-4-6-11(10)22-9/h3-6,9H,7-8H2,1-2H3,(H,19,20). The Bertz CT molecular complexity index is 700. The molecule has 8 nitrogen and oxygen atoms in total. The summed E-state index contributed by atoms with van der Waals surface area (Å²) in [6.07, 6.45) is -0.176. The lowest BCUT2D eigenvalue weighted by Gasteiger charge is -2.29. The topological polar surface area (TPSA) is 89.7 Å². The second-order valence-electron chi connectivity index (χ2n) is 5.04. The predicted octanol–water partition coefficient (Wildman–Crippen LogP) is 0.789. The first kappa shape index (κ1) is 14.2. The number of ether oxygens (including phenoxy) is 2. The molecule has 1 N–H and O–H groups in total. The van der Waals surface area contributed by atoms with E-state index in [9.17, 15) is 4.79 Å². The fraction of sp³-hybridized carbons (Fsp3) is 0.357. The molecule has 0 amide bonds. The van der Waals surface area contributed by atoms with E-state index in [2.05, 4.69) is 10.1 Å². The first-order chi connectivity index (χ1) is 10.5. The van der Waals surface area contributed by atoms with E-state index in [-0.39, 0.29) is 11.9 Å². The van der Waals surface area contributed by atoms with Gasteiger partial charge in [0, 0.05) is 14.1 Å². The molecule has 1 aromatic heterocycles. The Morgan fingerprint density at radius 1 is 1.45 bits per heavy atom. The molecule has 1 atom stereocenters. The SMILES string of the molecule is CN(CC1COc2ccccc2O1)c1nc(C(=O)O)nn1C. The number of nitrogens with zero attached hydrogens (tertiary/aromatic N) is 4. The Balaban J connectivity index is 1.70. The van der Waals surface area contributed by atoms with Crippen molar-refractivity contribution in [3.05, 3.63) is 30.1 Å². The van der Waals surface area contributed by atoms with Gasteiger partial charge in [-0.15, -0.1) is 5.10 Å². The summed E-state index contributed by atoms with van der Waals surface area (Å²) in [4.78, 5) is 16.7. The number of fused-ring (bicyclic) bond motifs is 1. The fourth-order valence-electron chi connectivity index (χ4n) is 2.34. The van der Waals surface area contributed by atoms with Gasteiger partial charge in [-0.2, -0.15) is 4.98 Å². The third kappa shape index (κ3) is 2.67. The van der Waals surface area contributed by atoms with Crippen LogP contribution in [0.4, 0.5) is 5.95 Å². The first-order valence-corrected chi connectivity index (χ1v) is 6.78. The highest BCUT2D eigenvalue weighted by Crippen LogP contribution is 2.31. The normalized spacial score (nSPS) is 16.4. The van der Waals surface area contributed by atoms with Crippen molar-refractivity contribution in [3.63, 3.8) is 0 Å². The molecule has 2 heterocycles. The smallest absolute Gasteiger partial charge is 0.375 e. The highest BCUT2D eigenvalue weighted by atomic mass is 16.6. The van der Waals surface area contributed by atoms with E-state index in [0.717, 1.165) is 5.75 Å². The molecule has 0 saturated carbocycles. The van der Waals surface area contributed by atoms with Crippen molar-refractivity contribution in [3.8, 4) is 11.5 Å². The number of likely N-dealkylation sites (N-methyl/N-ethyl adjacent to an activating group) is 1. The van der Waals surface area contributed by atoms with Crippen LogP contribution in [-0.2, 0) is 7.05 Å². The zero-order valence-corrected chi connectivity index (χ0v) is 12.3. The molecule has 0 spiro atoms. The van der Waals surface area contributed by atoms with Gasteiger partial charge >= 0.3 is 5.97 Å². The summed E-state index contributed by atoms with van der Waals surface area (Å²) in [6, 6.07) is 7.49. The molecule has 1 unspecified atom stereocenters. The number of aromatic carboxylic acids is 1. The Labute approximate surface area is 126 Å². The molecule has 3 rings (SSSR count). The molecule has 0 fully saturated rings. The number of carboxylic acid groups (broad SMARTS) is 1. The van der Waals surface area contributed by atoms with Crippen LogP contribution in [0.1, 0.15) is 10.6 Å². The minimum atomic E-state index is -1.15. The maximum atomic E-state index is 10.9. The molecular weight excluding hydrogens is 288 g/mol. The van der Waals surface area contributed by atoms with Gasteiger partial charge in [0.25, 0.3) is 5.82 Å². The van der Waals surface area contributed by atoms with Gasteiger partial charge in [-0.3, -0.25) is 0 Å². The minimum absolute atomic E-state index is 0.176. The van der Waals surface area contributed by atoms with Crippen molar-refractivity contribution in [1.82, 2.24) is 14.8 Å². The Morgan fingerprint density at radius 2 is 2.18 bits per heavy atom. The van der Waals surface area contributed by atoms with Gasteiger partial charge in [-0.05, 0) is 12.1 Å². The van der Waals surface area contributed by atoms with Crippen LogP contribution >= 0.6 is 0 Å². The molecule has 0 aliphatic carbocycles. The van der Waals surface area contributed by atoms with Gasteiger partial charge in [0.2, 0.25) is 5.95 Å². The molecular formula is C14H16N4O4. The number of benzene rings is 1. The number of para-hydroxylation sites is 2. The molecule has 116 valence electrons. The van der Waals surface area contributed by atoms with Gasteiger partial charge in [0.15, 0.2) is 17.6 Å². The summed E-state index contributed by atoms with van der Waals surface area (Å²) in [7, 11) is 3.46. The van der Waals surface area contributed by atoms with E-state index < -0.39 is 5.97 Å². The number of rotatable bonds is 4. The summed E-state index contributed by atoms with van der Waals surface area (Å²) < 4.78 is 13.0. The number of carbonyl (C=O) groups is 1. The van der Waals surface area contributed by atoms with Gasteiger partial charge in [-0.25, -0.2) is 9.48 Å². The predicted molar refractivity (Wildman–Crippen MR) is 77.6 cm³/mol. The summed E-state index contributed by atoms with van der Waals surface area (Å²) in [5.74, 6) is 0.515. The van der Waals surface area contributed by atoms with Crippen LogP contribution in [0.5, 0.6) is 11.5 Å². The van der Waals surface area contributed by atoms with Crippen LogP contribution in [0.15, 0.2) is 24.3 Å². The molecule has 2 aromatic rings. The van der Waals surface area contributed by atoms with Gasteiger partial charge in [0.1, 0.15) is 6.61 Å². The van der Waals surface area contributed by atoms with Crippen LogP contribution in [0.25, 0.3) is 0 Å². The highest BCUT2D eigenvalue weighted by molar-refractivity contribution is 5.83. The van der Waals surface area contributed by atoms with E-state index >= 15 is 0 Å². The van der Waals surface area contributed by atoms with Crippen LogP contribution in [0, 0.1) is 0 Å². The lowest BCUT2D eigenvalue weighted by molar-refractivity contribution is 0.0683. The van der Waals surface area contributed by atoms with Crippen LogP contribution in [0.2, 0.25) is 0 Å². The van der Waals surface area contributed by atoms with Crippen molar-refractivity contribution in [1.29, 1.82) is 0 Å². The van der Waals surface area contributed by atoms with E-state index in [1.54, 1.807) is 19.0 Å². The maximum Gasteiger partial charge on any atom is 0.375 e. The monoisotopic (exact) mass is 304 g/mol. The second kappa shape index (κ2) is 5.55. The van der Waals surface area contributed by atoms with E-state index in [1.165, 1.54) is 4.68 Å². The third-order valence-corrected chi connectivity index (χ3v) is 3.32. The number of hydrogen-bond donors (Lipinski definition) is 1. The van der Waals surface area contributed by atoms with Crippen molar-refractivity contribution < 1.29 is 19.4 Å². The lowest BCUT2D eigenvalue weighted by Crippen LogP contribution is -2.40. The number of hydrogen-bond acceptors (Lipinski definition) is 6. The van der Waals surface area contributed by atoms with E-state index in [1.807, 2.05) is 24.3 Å². The van der Waals surface area contributed by atoms with Crippen molar-refractivity contribution in [2.45, 2.75) is 6.10 Å². The quantitative estimate of drug-likeness (QED) is 0.893. The third-order valence-electron chi connectivity index (χ3n) is 3.32. The molecule has 1 aliphatic rings. The molecule has 0 bridgehead atoms. The molecule has 0 saturated heterocycles. The summed E-state index contributed by atoms with van der Waals surface area (Å²) in [5, 5.41) is 12.8. The van der Waals surface area contributed by atoms with Gasteiger partial charge in [-0.1, -0.05) is 12.1 Å². The summed E-state index contributed by atoms with van der Waals surface area (Å²) >= 11 is 0. The summed E-state index contributed by atoms with van der Waals surface area (Å²) in [5.41, 5.74) is 0. The number of aryl methyl sites for hydroxylation is 1. The van der Waals surface area contributed by atoms with Gasteiger partial charge < -0.3 is 19.5 Å². The van der Waals surface area contributed by atoms with Gasteiger partial charge in [0.05, 0.1) is 6.54 Å². The maximum absolute atomic E-state index is 10.9. The van der Waals surface area contributed by atoms with Crippen LogP contribution in [-0.4, -0.2) is 52.1 Å². The number of anilines is 1. The molecule has 8 heteroatoms. The number of carboxylic acids is 1. The van der Waals surface area contributed by atoms with Crippen LogP contribution in [0.3, 0.4) is 0 Å². The highest BCUT2D eigenvalue weighted by Gasteiger charge is 2.24. The van der Waals surface area contributed by atoms with Crippen molar-refractivity contribution in [2.75, 3.05) is 25.1 Å². The van der Waals surface area contributed by atoms with Crippen LogP contribution < -0.4 is 14.4 Å². The Morgan fingerprint density at radius 3 is 2.86 bits per heavy atom. The average Bonchev–Trinajstić information content (AvgIpc) is 2.89. The van der Waals surface area contributed by atoms with E-state index in [4.69, 9.17) is 14.6 Å². The lowest BCUT2D eigenvalue weighted by atomic mass is 10.2. The second-order valence-corrected chi connectivity index (χ2v) is 5.04. The van der Waals surface area contributed by atoms with Crippen molar-refractivity contribution in [2.24, 2.45) is 7.05 Å². The zero-order chi connectivity index (χ0) is 15.7. The Hall–Kier alpha value is -2.77. The molecule has 1 aliphatic heterocycles. The number of aromatic nitrogens is 3. The van der Waals surface area contributed by atoms with Crippen molar-refractivity contribution >= 4 is 11.9 Å². The Kier molecular flexibility index (Phi) is 3.58. The summed E-state index contributed by atoms with van der Waals surface area (Å²) in [6.45, 7) is 0.922. The average molecular weight is 304 g/mol. The minimum Gasteiger partial charge on any atom is -0.486 e. The zero-order valence-electron chi connectivity index (χ0n) is 12.3. The largest absolute Gasteiger partial charge is 0.486 e. The molecule has 22 heavy (non-hydrogen) atoms. The molecule has 0 radical (unpaired) electrons. The van der Waals surface area contributed by atoms with E-state index in [0.29, 0.717) is 24.8 Å².